The molecule has 3 rings (SSSR count). The van der Waals surface area contributed by atoms with E-state index in [9.17, 15) is 14.4 Å². The van der Waals surface area contributed by atoms with Gasteiger partial charge in [0.25, 0.3) is 0 Å². The van der Waals surface area contributed by atoms with Gasteiger partial charge in [-0.25, -0.2) is 4.39 Å². The summed E-state index contributed by atoms with van der Waals surface area (Å²) in [5.74, 6) is 0.191. The third-order valence-corrected chi connectivity index (χ3v) is 5.09. The first-order valence-corrected chi connectivity index (χ1v) is 10.1. The number of ketones is 1. The molecule has 0 fully saturated rings. The van der Waals surface area contributed by atoms with E-state index in [1.165, 1.54) is 19.3 Å². The predicted molar refractivity (Wildman–Crippen MR) is 121 cm³/mol. The van der Waals surface area contributed by atoms with Crippen LogP contribution >= 0.6 is 22.6 Å². The summed E-state index contributed by atoms with van der Waals surface area (Å²) in [6, 6.07) is 20.4. The largest absolute Gasteiger partial charge is 0.493 e. The number of Topliss-reactive ketones (excluding diaryl/α,β-unsaturated/α-hetero) is 1. The second-order valence-corrected chi connectivity index (χ2v) is 7.44. The molecule has 0 heterocycles. The van der Waals surface area contributed by atoms with E-state index in [0.717, 1.165) is 0 Å². The molecule has 0 atom stereocenters. The van der Waals surface area contributed by atoms with Gasteiger partial charge in [0, 0.05) is 11.1 Å². The summed E-state index contributed by atoms with van der Waals surface area (Å²) in [7, 11) is 1.50. The van der Waals surface area contributed by atoms with Gasteiger partial charge in [-0.05, 0) is 52.4 Å². The molecule has 6 heteroatoms. The molecule has 0 aliphatic rings. The van der Waals surface area contributed by atoms with Crippen molar-refractivity contribution in [3.05, 3.63) is 98.4 Å². The molecule has 0 saturated carbocycles. The number of nitriles is 1. The molecule has 0 unspecified atom stereocenters. The van der Waals surface area contributed by atoms with Crippen molar-refractivity contribution in [2.75, 3.05) is 7.11 Å². The van der Waals surface area contributed by atoms with Gasteiger partial charge in [-0.3, -0.25) is 4.79 Å². The number of halogens is 2. The van der Waals surface area contributed by atoms with Crippen LogP contribution in [0, 0.1) is 20.7 Å². The van der Waals surface area contributed by atoms with Gasteiger partial charge >= 0.3 is 0 Å². The SMILES string of the molecule is COc1cc(/C=C(\C#N)C(=O)c2ccccc2)cc(I)c1OCc1ccccc1F. The van der Waals surface area contributed by atoms with Crippen molar-refractivity contribution in [3.8, 4) is 17.6 Å². The van der Waals surface area contributed by atoms with E-state index in [2.05, 4.69) is 22.6 Å². The molecule has 3 aromatic carbocycles. The van der Waals surface area contributed by atoms with Gasteiger partial charge in [0.2, 0.25) is 5.78 Å². The molecule has 30 heavy (non-hydrogen) atoms. The zero-order chi connectivity index (χ0) is 21.5. The van der Waals surface area contributed by atoms with Crippen molar-refractivity contribution in [3.63, 3.8) is 0 Å². The highest BCUT2D eigenvalue weighted by Crippen LogP contribution is 2.35. The normalized spacial score (nSPS) is 10.9. The van der Waals surface area contributed by atoms with Gasteiger partial charge < -0.3 is 9.47 Å². The van der Waals surface area contributed by atoms with E-state index >= 15 is 0 Å². The van der Waals surface area contributed by atoms with Gasteiger partial charge in [0.15, 0.2) is 11.5 Å². The summed E-state index contributed by atoms with van der Waals surface area (Å²) in [5, 5.41) is 9.47. The maximum absolute atomic E-state index is 13.9. The van der Waals surface area contributed by atoms with Crippen LogP contribution in [0.4, 0.5) is 4.39 Å². The molecule has 0 aliphatic heterocycles. The summed E-state index contributed by atoms with van der Waals surface area (Å²) in [5.41, 5.74) is 1.51. The maximum atomic E-state index is 13.9. The smallest absolute Gasteiger partial charge is 0.203 e. The van der Waals surface area contributed by atoms with E-state index in [-0.39, 0.29) is 23.8 Å². The van der Waals surface area contributed by atoms with E-state index in [0.29, 0.717) is 31.8 Å². The van der Waals surface area contributed by atoms with Gasteiger partial charge in [-0.15, -0.1) is 0 Å². The zero-order valence-corrected chi connectivity index (χ0v) is 18.2. The second-order valence-electron chi connectivity index (χ2n) is 6.28. The molecule has 150 valence electrons. The quantitative estimate of drug-likeness (QED) is 0.173. The van der Waals surface area contributed by atoms with Gasteiger partial charge in [-0.2, -0.15) is 5.26 Å². The number of hydrogen-bond donors (Lipinski definition) is 0. The number of carbonyl (C=O) groups is 1. The van der Waals surface area contributed by atoms with E-state index in [4.69, 9.17) is 9.47 Å². The van der Waals surface area contributed by atoms with Crippen molar-refractivity contribution >= 4 is 34.5 Å². The van der Waals surface area contributed by atoms with Crippen molar-refractivity contribution in [1.82, 2.24) is 0 Å². The molecular formula is C24H17FINO3. The second kappa shape index (κ2) is 10.0. The number of benzene rings is 3. The molecule has 4 nitrogen and oxygen atoms in total. The topological polar surface area (TPSA) is 59.3 Å². The standard InChI is InChI=1S/C24H17FINO3/c1-29-22-13-16(11-19(14-27)23(28)17-7-3-2-4-8-17)12-21(26)24(22)30-15-18-9-5-6-10-20(18)25/h2-13H,15H2,1H3/b19-11+. The molecule has 0 spiro atoms. The van der Waals surface area contributed by atoms with Crippen LogP contribution in [0.5, 0.6) is 11.5 Å². The summed E-state index contributed by atoms with van der Waals surface area (Å²) >= 11 is 2.08. The Labute approximate surface area is 187 Å². The number of hydrogen-bond acceptors (Lipinski definition) is 4. The van der Waals surface area contributed by atoms with Gasteiger partial charge in [-0.1, -0.05) is 48.5 Å². The summed E-state index contributed by atoms with van der Waals surface area (Å²) < 4.78 is 25.8. The summed E-state index contributed by atoms with van der Waals surface area (Å²) in [6.07, 6.45) is 1.51. The molecule has 0 amide bonds. The highest BCUT2D eigenvalue weighted by Gasteiger charge is 2.15. The van der Waals surface area contributed by atoms with Crippen LogP contribution < -0.4 is 9.47 Å². The Balaban J connectivity index is 1.89. The van der Waals surface area contributed by atoms with Gasteiger partial charge in [0.1, 0.15) is 24.1 Å². The third-order valence-electron chi connectivity index (χ3n) is 4.29. The molecule has 0 radical (unpaired) electrons. The lowest BCUT2D eigenvalue weighted by atomic mass is 10.0. The Hall–Kier alpha value is -3.18. The highest BCUT2D eigenvalue weighted by atomic mass is 127. The first kappa shape index (κ1) is 21.5. The van der Waals surface area contributed by atoms with Crippen LogP contribution in [-0.2, 0) is 6.61 Å². The lowest BCUT2D eigenvalue weighted by Crippen LogP contribution is -2.03. The van der Waals surface area contributed by atoms with Crippen LogP contribution in [-0.4, -0.2) is 12.9 Å². The van der Waals surface area contributed by atoms with E-state index in [1.807, 2.05) is 6.07 Å². The van der Waals surface area contributed by atoms with E-state index < -0.39 is 0 Å². The van der Waals surface area contributed by atoms with Crippen LogP contribution in [0.25, 0.3) is 6.08 Å². The molecule has 0 bridgehead atoms. The lowest BCUT2D eigenvalue weighted by molar-refractivity contribution is 0.104. The zero-order valence-electron chi connectivity index (χ0n) is 16.1. The minimum atomic E-state index is -0.355. The van der Waals surface area contributed by atoms with E-state index in [1.54, 1.807) is 60.7 Å². The summed E-state index contributed by atoms with van der Waals surface area (Å²) in [6.45, 7) is 0.0458. The Kier molecular flexibility index (Phi) is 7.20. The average molecular weight is 513 g/mol. The third kappa shape index (κ3) is 5.05. The fourth-order valence-electron chi connectivity index (χ4n) is 2.79. The number of carbonyl (C=O) groups excluding carboxylic acids is 1. The van der Waals surface area contributed by atoms with Gasteiger partial charge in [0.05, 0.1) is 10.7 Å². The Bertz CT molecular complexity index is 1140. The Morgan fingerprint density at radius 1 is 1.13 bits per heavy atom. The number of nitrogens with zero attached hydrogens (tertiary/aromatic N) is 1. The molecule has 0 aromatic heterocycles. The van der Waals surface area contributed by atoms with Crippen LogP contribution in [0.3, 0.4) is 0 Å². The molecular weight excluding hydrogens is 496 g/mol. The molecule has 0 N–H and O–H groups in total. The number of allylic oxidation sites excluding steroid dienone is 1. The minimum absolute atomic E-state index is 0.0130. The van der Waals surface area contributed by atoms with Crippen LogP contribution in [0.1, 0.15) is 21.5 Å². The first-order chi connectivity index (χ1) is 14.5. The Morgan fingerprint density at radius 2 is 1.83 bits per heavy atom. The van der Waals surface area contributed by atoms with Crippen LogP contribution in [0.15, 0.2) is 72.3 Å². The average Bonchev–Trinajstić information content (AvgIpc) is 2.77. The van der Waals surface area contributed by atoms with Crippen LogP contribution in [0.2, 0.25) is 0 Å². The lowest BCUT2D eigenvalue weighted by Gasteiger charge is -2.14. The number of methoxy groups -OCH3 is 1. The minimum Gasteiger partial charge on any atom is -0.493 e. The van der Waals surface area contributed by atoms with Crippen molar-refractivity contribution in [1.29, 1.82) is 5.26 Å². The number of rotatable bonds is 7. The fourth-order valence-corrected chi connectivity index (χ4v) is 3.57. The van der Waals surface area contributed by atoms with Crippen molar-refractivity contribution in [2.45, 2.75) is 6.61 Å². The monoisotopic (exact) mass is 513 g/mol. The molecule has 3 aromatic rings. The maximum Gasteiger partial charge on any atom is 0.203 e. The van der Waals surface area contributed by atoms with Crippen molar-refractivity contribution < 1.29 is 18.7 Å². The molecule has 0 aliphatic carbocycles. The highest BCUT2D eigenvalue weighted by molar-refractivity contribution is 14.1. The van der Waals surface area contributed by atoms with Crippen molar-refractivity contribution in [2.24, 2.45) is 0 Å². The fraction of sp³-hybridized carbons (Fsp3) is 0.0833. The summed E-state index contributed by atoms with van der Waals surface area (Å²) in [4.78, 5) is 12.6. The Morgan fingerprint density at radius 3 is 2.50 bits per heavy atom. The predicted octanol–water partition coefficient (Wildman–Crippen LogP) is 5.81. The molecule has 0 saturated heterocycles. The first-order valence-electron chi connectivity index (χ1n) is 8.98. The number of ether oxygens (including phenoxy) is 2.